The summed E-state index contributed by atoms with van der Waals surface area (Å²) in [5, 5.41) is 3.15. The third-order valence-corrected chi connectivity index (χ3v) is 3.85. The van der Waals surface area contributed by atoms with Gasteiger partial charge in [-0.15, -0.1) is 0 Å². The SMILES string of the molecule is O=C(C[C@H]1C=CCC1)N[C@@H]1CCOc2ccccc21. The number of hydrogen-bond acceptors (Lipinski definition) is 2. The highest BCUT2D eigenvalue weighted by Gasteiger charge is 2.23. The minimum atomic E-state index is 0.0998. The van der Waals surface area contributed by atoms with E-state index in [1.165, 1.54) is 0 Å². The molecule has 2 atom stereocenters. The Bertz CT molecular complexity index is 495. The fourth-order valence-corrected chi connectivity index (χ4v) is 2.85. The molecule has 1 aromatic carbocycles. The van der Waals surface area contributed by atoms with E-state index >= 15 is 0 Å². The molecule has 1 aromatic rings. The first-order valence-corrected chi connectivity index (χ1v) is 7.00. The molecule has 3 heteroatoms. The van der Waals surface area contributed by atoms with E-state index in [0.717, 1.165) is 30.6 Å². The van der Waals surface area contributed by atoms with E-state index in [2.05, 4.69) is 17.5 Å². The van der Waals surface area contributed by atoms with Crippen molar-refractivity contribution in [3.63, 3.8) is 0 Å². The second-order valence-electron chi connectivity index (χ2n) is 5.26. The number of hydrogen-bond donors (Lipinski definition) is 1. The predicted molar refractivity (Wildman–Crippen MR) is 73.9 cm³/mol. The fourth-order valence-electron chi connectivity index (χ4n) is 2.85. The zero-order chi connectivity index (χ0) is 13.1. The lowest BCUT2D eigenvalue weighted by atomic mass is 9.99. The van der Waals surface area contributed by atoms with E-state index in [1.54, 1.807) is 0 Å². The van der Waals surface area contributed by atoms with Crippen LogP contribution in [0, 0.1) is 5.92 Å². The van der Waals surface area contributed by atoms with E-state index in [1.807, 2.05) is 24.3 Å². The van der Waals surface area contributed by atoms with Crippen LogP contribution in [0.2, 0.25) is 0 Å². The van der Waals surface area contributed by atoms with Gasteiger partial charge in [0.1, 0.15) is 5.75 Å². The van der Waals surface area contributed by atoms with Crippen molar-refractivity contribution < 1.29 is 9.53 Å². The van der Waals surface area contributed by atoms with Gasteiger partial charge in [-0.05, 0) is 24.8 Å². The normalized spacial score (nSPS) is 24.6. The Morgan fingerprint density at radius 2 is 2.21 bits per heavy atom. The lowest BCUT2D eigenvalue weighted by Gasteiger charge is -2.27. The number of nitrogens with one attached hydrogen (secondary N) is 1. The number of para-hydroxylation sites is 1. The third-order valence-electron chi connectivity index (χ3n) is 3.85. The molecule has 3 nitrogen and oxygen atoms in total. The summed E-state index contributed by atoms with van der Waals surface area (Å²) >= 11 is 0. The van der Waals surface area contributed by atoms with Crippen molar-refractivity contribution in [1.29, 1.82) is 0 Å². The molecule has 0 spiro atoms. The molecule has 0 fully saturated rings. The van der Waals surface area contributed by atoms with Gasteiger partial charge >= 0.3 is 0 Å². The Labute approximate surface area is 113 Å². The van der Waals surface area contributed by atoms with Gasteiger partial charge in [-0.2, -0.15) is 0 Å². The highest BCUT2D eigenvalue weighted by Crippen LogP contribution is 2.31. The summed E-state index contributed by atoms with van der Waals surface area (Å²) in [5.41, 5.74) is 1.10. The summed E-state index contributed by atoms with van der Waals surface area (Å²) in [5.74, 6) is 1.48. The van der Waals surface area contributed by atoms with Crippen molar-refractivity contribution >= 4 is 5.91 Å². The summed E-state index contributed by atoms with van der Waals surface area (Å²) in [6.45, 7) is 0.672. The van der Waals surface area contributed by atoms with Gasteiger partial charge in [0.05, 0.1) is 12.6 Å². The van der Waals surface area contributed by atoms with Gasteiger partial charge in [0.15, 0.2) is 0 Å². The number of allylic oxidation sites excluding steroid dienone is 2. The molecule has 0 bridgehead atoms. The van der Waals surface area contributed by atoms with Gasteiger partial charge in [-0.25, -0.2) is 0 Å². The number of carbonyl (C=O) groups excluding carboxylic acids is 1. The Balaban J connectivity index is 1.64. The minimum absolute atomic E-state index is 0.0998. The van der Waals surface area contributed by atoms with Gasteiger partial charge in [-0.3, -0.25) is 4.79 Å². The molecule has 2 aliphatic rings. The molecule has 0 saturated carbocycles. The Morgan fingerprint density at radius 1 is 1.32 bits per heavy atom. The third kappa shape index (κ3) is 2.80. The number of benzene rings is 1. The second kappa shape index (κ2) is 5.47. The van der Waals surface area contributed by atoms with Crippen LogP contribution in [-0.2, 0) is 4.79 Å². The van der Waals surface area contributed by atoms with Gasteiger partial charge in [-0.1, -0.05) is 30.4 Å². The molecular formula is C16H19NO2. The van der Waals surface area contributed by atoms with Gasteiger partial charge in [0, 0.05) is 18.4 Å². The average Bonchev–Trinajstić information content (AvgIpc) is 2.92. The molecule has 0 saturated heterocycles. The number of fused-ring (bicyclic) bond motifs is 1. The predicted octanol–water partition coefficient (Wildman–Crippen LogP) is 2.98. The van der Waals surface area contributed by atoms with Crippen molar-refractivity contribution in [2.45, 2.75) is 31.7 Å². The quantitative estimate of drug-likeness (QED) is 0.845. The molecule has 1 heterocycles. The van der Waals surface area contributed by atoms with Crippen molar-refractivity contribution in [2.75, 3.05) is 6.61 Å². The Kier molecular flexibility index (Phi) is 3.53. The molecule has 3 rings (SSSR count). The van der Waals surface area contributed by atoms with Crippen LogP contribution in [0.1, 0.15) is 37.3 Å². The maximum absolute atomic E-state index is 12.1. The van der Waals surface area contributed by atoms with E-state index in [0.29, 0.717) is 18.9 Å². The molecule has 0 unspecified atom stereocenters. The summed E-state index contributed by atoms with van der Waals surface area (Å²) in [7, 11) is 0. The van der Waals surface area contributed by atoms with Crippen LogP contribution in [0.15, 0.2) is 36.4 Å². The van der Waals surface area contributed by atoms with Crippen molar-refractivity contribution in [1.82, 2.24) is 5.32 Å². The zero-order valence-corrected chi connectivity index (χ0v) is 11.0. The molecule has 1 aliphatic heterocycles. The topological polar surface area (TPSA) is 38.3 Å². The molecule has 1 amide bonds. The minimum Gasteiger partial charge on any atom is -0.493 e. The van der Waals surface area contributed by atoms with Crippen LogP contribution in [0.5, 0.6) is 5.75 Å². The van der Waals surface area contributed by atoms with E-state index in [-0.39, 0.29) is 11.9 Å². The summed E-state index contributed by atoms with van der Waals surface area (Å²) < 4.78 is 5.61. The molecule has 0 radical (unpaired) electrons. The first-order valence-electron chi connectivity index (χ1n) is 7.00. The first kappa shape index (κ1) is 12.3. The molecule has 19 heavy (non-hydrogen) atoms. The standard InChI is InChI=1S/C16H19NO2/c18-16(11-12-5-1-2-6-12)17-14-9-10-19-15-8-4-3-7-13(14)15/h1,3-5,7-8,12,14H,2,6,9-11H2,(H,17,18)/t12-,14+/m0/s1. The van der Waals surface area contributed by atoms with Crippen molar-refractivity contribution in [3.8, 4) is 5.75 Å². The van der Waals surface area contributed by atoms with Crippen molar-refractivity contribution in [3.05, 3.63) is 42.0 Å². The van der Waals surface area contributed by atoms with E-state index in [4.69, 9.17) is 4.74 Å². The lowest BCUT2D eigenvalue weighted by molar-refractivity contribution is -0.122. The average molecular weight is 257 g/mol. The van der Waals surface area contributed by atoms with Crippen LogP contribution in [0.4, 0.5) is 0 Å². The maximum Gasteiger partial charge on any atom is 0.221 e. The van der Waals surface area contributed by atoms with Crippen LogP contribution in [0.25, 0.3) is 0 Å². The second-order valence-corrected chi connectivity index (χ2v) is 5.26. The van der Waals surface area contributed by atoms with Gasteiger partial charge < -0.3 is 10.1 Å². The Hall–Kier alpha value is -1.77. The van der Waals surface area contributed by atoms with Crippen LogP contribution < -0.4 is 10.1 Å². The lowest BCUT2D eigenvalue weighted by Crippen LogP contribution is -2.32. The number of rotatable bonds is 3. The largest absolute Gasteiger partial charge is 0.493 e. The van der Waals surface area contributed by atoms with Crippen molar-refractivity contribution in [2.24, 2.45) is 5.92 Å². The molecule has 0 aromatic heterocycles. The monoisotopic (exact) mass is 257 g/mol. The summed E-state index contributed by atoms with van der Waals surface area (Å²) in [6, 6.07) is 8.06. The fraction of sp³-hybridized carbons (Fsp3) is 0.438. The number of ether oxygens (including phenoxy) is 1. The highest BCUT2D eigenvalue weighted by molar-refractivity contribution is 5.77. The van der Waals surface area contributed by atoms with Crippen LogP contribution >= 0.6 is 0 Å². The van der Waals surface area contributed by atoms with Gasteiger partial charge in [0.2, 0.25) is 5.91 Å². The van der Waals surface area contributed by atoms with E-state index in [9.17, 15) is 4.79 Å². The number of amides is 1. The van der Waals surface area contributed by atoms with Gasteiger partial charge in [0.25, 0.3) is 0 Å². The maximum atomic E-state index is 12.1. The molecule has 100 valence electrons. The molecule has 1 aliphatic carbocycles. The van der Waals surface area contributed by atoms with Crippen LogP contribution in [-0.4, -0.2) is 12.5 Å². The zero-order valence-electron chi connectivity index (χ0n) is 11.0. The van der Waals surface area contributed by atoms with E-state index < -0.39 is 0 Å². The highest BCUT2D eigenvalue weighted by atomic mass is 16.5. The summed E-state index contributed by atoms with van der Waals surface area (Å²) in [4.78, 5) is 12.1. The molecule has 1 N–H and O–H groups in total. The smallest absolute Gasteiger partial charge is 0.221 e. The Morgan fingerprint density at radius 3 is 3.05 bits per heavy atom. The van der Waals surface area contributed by atoms with Crippen LogP contribution in [0.3, 0.4) is 0 Å². The number of carbonyl (C=O) groups is 1. The summed E-state index contributed by atoms with van der Waals surface area (Å²) in [6.07, 6.45) is 8.01. The first-order chi connectivity index (χ1) is 9.33. The molecular weight excluding hydrogens is 238 g/mol.